The maximum Gasteiger partial charge on any atom is 0.185 e. The van der Waals surface area contributed by atoms with Crippen LogP contribution in [0.4, 0.5) is 5.13 Å². The van der Waals surface area contributed by atoms with Crippen molar-refractivity contribution in [3.63, 3.8) is 0 Å². The van der Waals surface area contributed by atoms with Gasteiger partial charge < -0.3 is 19.7 Å². The van der Waals surface area contributed by atoms with Crippen LogP contribution in [0.15, 0.2) is 0 Å². The summed E-state index contributed by atoms with van der Waals surface area (Å²) in [6.07, 6.45) is 2.15. The first kappa shape index (κ1) is 17.4. The smallest absolute Gasteiger partial charge is 0.185 e. The number of nitrogens with one attached hydrogen (secondary N) is 1. The fourth-order valence-electron chi connectivity index (χ4n) is 1.84. The second kappa shape index (κ2) is 10.1. The molecule has 1 aromatic heterocycles. The van der Waals surface area contributed by atoms with Crippen molar-refractivity contribution in [3.8, 4) is 0 Å². The highest BCUT2D eigenvalue weighted by Gasteiger charge is 2.13. The van der Waals surface area contributed by atoms with E-state index in [1.807, 2.05) is 0 Å². The summed E-state index contributed by atoms with van der Waals surface area (Å²) in [7, 11) is 5.52. The number of hydrogen-bond acceptors (Lipinski definition) is 6. The maximum atomic E-state index is 5.24. The van der Waals surface area contributed by atoms with E-state index in [-0.39, 0.29) is 0 Å². The molecule has 1 aromatic rings. The molecule has 116 valence electrons. The van der Waals surface area contributed by atoms with Crippen molar-refractivity contribution in [1.82, 2.24) is 10.3 Å². The van der Waals surface area contributed by atoms with Gasteiger partial charge in [0.15, 0.2) is 5.13 Å². The molecule has 6 heteroatoms. The van der Waals surface area contributed by atoms with Crippen LogP contribution >= 0.6 is 11.3 Å². The molecular weight excluding hydrogens is 274 g/mol. The highest BCUT2D eigenvalue weighted by Crippen LogP contribution is 2.26. The van der Waals surface area contributed by atoms with Gasteiger partial charge in [-0.2, -0.15) is 0 Å². The predicted molar refractivity (Wildman–Crippen MR) is 84.6 cm³/mol. The number of methoxy groups -OCH3 is 2. The zero-order chi connectivity index (χ0) is 14.8. The normalized spacial score (nSPS) is 11.0. The van der Waals surface area contributed by atoms with Crippen LogP contribution in [-0.4, -0.2) is 45.9 Å². The molecule has 0 amide bonds. The molecule has 5 nitrogen and oxygen atoms in total. The van der Waals surface area contributed by atoms with E-state index in [0.717, 1.165) is 49.9 Å². The molecule has 0 bridgehead atoms. The van der Waals surface area contributed by atoms with Crippen LogP contribution in [0.3, 0.4) is 0 Å². The molecule has 1 N–H and O–H groups in total. The Kier molecular flexibility index (Phi) is 8.77. The molecule has 0 saturated carbocycles. The molecule has 20 heavy (non-hydrogen) atoms. The van der Waals surface area contributed by atoms with Crippen molar-refractivity contribution in [1.29, 1.82) is 0 Å². The van der Waals surface area contributed by atoms with E-state index < -0.39 is 0 Å². The fraction of sp³-hybridized carbons (Fsp3) is 0.786. The van der Waals surface area contributed by atoms with Crippen LogP contribution in [0, 0.1) is 0 Å². The van der Waals surface area contributed by atoms with Crippen LogP contribution < -0.4 is 10.2 Å². The van der Waals surface area contributed by atoms with Gasteiger partial charge >= 0.3 is 0 Å². The van der Waals surface area contributed by atoms with Crippen molar-refractivity contribution < 1.29 is 9.47 Å². The van der Waals surface area contributed by atoms with Crippen LogP contribution in [0.2, 0.25) is 0 Å². The van der Waals surface area contributed by atoms with Crippen molar-refractivity contribution in [2.45, 2.75) is 32.9 Å². The number of ether oxygens (including phenoxy) is 2. The van der Waals surface area contributed by atoms with Crippen molar-refractivity contribution in [2.24, 2.45) is 0 Å². The van der Waals surface area contributed by atoms with Crippen LogP contribution in [0.5, 0.6) is 0 Å². The second-order valence-electron chi connectivity index (χ2n) is 4.74. The first-order chi connectivity index (χ1) is 9.72. The van der Waals surface area contributed by atoms with Gasteiger partial charge in [-0.25, -0.2) is 4.98 Å². The monoisotopic (exact) mass is 301 g/mol. The summed E-state index contributed by atoms with van der Waals surface area (Å²) < 4.78 is 10.3. The average Bonchev–Trinajstić information content (AvgIpc) is 2.83. The van der Waals surface area contributed by atoms with Crippen LogP contribution in [0.1, 0.15) is 30.3 Å². The van der Waals surface area contributed by atoms with E-state index in [9.17, 15) is 0 Å². The minimum atomic E-state index is 0.575. The number of nitrogens with zero attached hydrogens (tertiary/aromatic N) is 2. The largest absolute Gasteiger partial charge is 0.385 e. The molecule has 0 aromatic carbocycles. The van der Waals surface area contributed by atoms with E-state index in [1.54, 1.807) is 25.6 Å². The van der Waals surface area contributed by atoms with Crippen molar-refractivity contribution in [2.75, 3.05) is 45.9 Å². The minimum Gasteiger partial charge on any atom is -0.385 e. The van der Waals surface area contributed by atoms with E-state index in [4.69, 9.17) is 14.5 Å². The molecule has 0 aliphatic carbocycles. The van der Waals surface area contributed by atoms with Crippen LogP contribution in [-0.2, 0) is 22.6 Å². The minimum absolute atomic E-state index is 0.575. The Morgan fingerprint density at radius 3 is 2.75 bits per heavy atom. The molecular formula is C14H27N3O2S. The summed E-state index contributed by atoms with van der Waals surface area (Å²) in [5.41, 5.74) is 1.05. The SMILES string of the molecule is CCCNCc1sc(N(C)CCCOC)nc1COC. The zero-order valence-corrected chi connectivity index (χ0v) is 13.9. The average molecular weight is 301 g/mol. The Balaban J connectivity index is 2.63. The van der Waals surface area contributed by atoms with Gasteiger partial charge in [-0.15, -0.1) is 11.3 Å². The van der Waals surface area contributed by atoms with Gasteiger partial charge in [-0.05, 0) is 19.4 Å². The third-order valence-corrected chi connectivity index (χ3v) is 4.14. The Labute approximate surface area is 126 Å². The zero-order valence-electron chi connectivity index (χ0n) is 13.1. The molecule has 0 unspecified atom stereocenters. The Bertz CT molecular complexity index is 371. The molecule has 0 aliphatic heterocycles. The van der Waals surface area contributed by atoms with Gasteiger partial charge in [0.05, 0.1) is 12.3 Å². The summed E-state index contributed by atoms with van der Waals surface area (Å²) in [6.45, 7) is 6.39. The highest BCUT2D eigenvalue weighted by molar-refractivity contribution is 7.15. The summed E-state index contributed by atoms with van der Waals surface area (Å²) in [4.78, 5) is 8.15. The molecule has 1 rings (SSSR count). The Hall–Kier alpha value is -0.690. The molecule has 0 fully saturated rings. The molecule has 1 heterocycles. The number of anilines is 1. The summed E-state index contributed by atoms with van der Waals surface area (Å²) in [5.74, 6) is 0. The summed E-state index contributed by atoms with van der Waals surface area (Å²) in [6, 6.07) is 0. The Morgan fingerprint density at radius 1 is 1.30 bits per heavy atom. The first-order valence-corrected chi connectivity index (χ1v) is 7.92. The molecule has 0 radical (unpaired) electrons. The number of rotatable bonds is 11. The van der Waals surface area contributed by atoms with E-state index >= 15 is 0 Å². The standard InChI is InChI=1S/C14H27N3O2S/c1-5-7-15-10-13-12(11-19-4)16-14(20-13)17(2)8-6-9-18-3/h15H,5-11H2,1-4H3. The second-order valence-corrected chi connectivity index (χ2v) is 5.81. The predicted octanol–water partition coefficient (Wildman–Crippen LogP) is 2.26. The van der Waals surface area contributed by atoms with Crippen molar-refractivity contribution >= 4 is 16.5 Å². The third kappa shape index (κ3) is 5.75. The highest BCUT2D eigenvalue weighted by atomic mass is 32.1. The van der Waals surface area contributed by atoms with Crippen LogP contribution in [0.25, 0.3) is 0 Å². The van der Waals surface area contributed by atoms with Gasteiger partial charge in [0.25, 0.3) is 0 Å². The quantitative estimate of drug-likeness (QED) is 0.635. The number of thiazole rings is 1. The number of aromatic nitrogens is 1. The number of hydrogen-bond donors (Lipinski definition) is 1. The van der Waals surface area contributed by atoms with Gasteiger partial charge in [-0.3, -0.25) is 0 Å². The molecule has 0 atom stereocenters. The topological polar surface area (TPSA) is 46.6 Å². The lowest BCUT2D eigenvalue weighted by Gasteiger charge is -2.14. The van der Waals surface area contributed by atoms with Gasteiger partial charge in [-0.1, -0.05) is 6.92 Å². The fourth-order valence-corrected chi connectivity index (χ4v) is 2.86. The van der Waals surface area contributed by atoms with E-state index in [2.05, 4.69) is 24.2 Å². The molecule has 0 aliphatic rings. The molecule has 0 saturated heterocycles. The van der Waals surface area contributed by atoms with E-state index in [1.165, 1.54) is 4.88 Å². The maximum absolute atomic E-state index is 5.24. The summed E-state index contributed by atoms with van der Waals surface area (Å²) in [5, 5.41) is 4.49. The Morgan fingerprint density at radius 2 is 2.10 bits per heavy atom. The lowest BCUT2D eigenvalue weighted by molar-refractivity contribution is 0.181. The van der Waals surface area contributed by atoms with Gasteiger partial charge in [0.2, 0.25) is 0 Å². The van der Waals surface area contributed by atoms with Gasteiger partial charge in [0.1, 0.15) is 0 Å². The van der Waals surface area contributed by atoms with Gasteiger partial charge in [0, 0.05) is 45.8 Å². The first-order valence-electron chi connectivity index (χ1n) is 7.11. The molecule has 0 spiro atoms. The van der Waals surface area contributed by atoms with Crippen molar-refractivity contribution in [3.05, 3.63) is 10.6 Å². The lowest BCUT2D eigenvalue weighted by Crippen LogP contribution is -2.19. The summed E-state index contributed by atoms with van der Waals surface area (Å²) >= 11 is 1.75. The third-order valence-electron chi connectivity index (χ3n) is 2.93. The van der Waals surface area contributed by atoms with E-state index in [0.29, 0.717) is 6.61 Å². The lowest BCUT2D eigenvalue weighted by atomic mass is 10.3.